The smallest absolute Gasteiger partial charge is 0.306 e. The normalized spacial score (nSPS) is 25.7. The number of benzene rings is 1. The molecule has 11 atom stereocenters. The van der Waals surface area contributed by atoms with Crippen molar-refractivity contribution >= 4 is 80.6 Å². The molecule has 0 radical (unpaired) electrons. The molecule has 2 bridgehead atoms. The van der Waals surface area contributed by atoms with E-state index in [1.54, 1.807) is 57.4 Å². The van der Waals surface area contributed by atoms with Crippen molar-refractivity contribution in [3.8, 4) is 5.75 Å². The summed E-state index contributed by atoms with van der Waals surface area (Å²) in [5.74, 6) is -13.5. The average Bonchev–Trinajstić information content (AvgIpc) is 4.05. The first kappa shape index (κ1) is 63.5. The predicted octanol–water partition coefficient (Wildman–Crippen LogP) is -0.280. The third-order valence-electron chi connectivity index (χ3n) is 14.8. The third kappa shape index (κ3) is 17.3. The molecule has 1 saturated heterocycles. The molecule has 0 saturated carbocycles. The van der Waals surface area contributed by atoms with Crippen LogP contribution in [-0.2, 0) is 76.4 Å². The predicted molar refractivity (Wildman–Crippen MR) is 287 cm³/mol. The first-order chi connectivity index (χ1) is 37.3. The SMILES string of the molecule is CC[C@H](C)[C@@H]1NC(=O)CNC(=O)C2CC(=O)[C@H]([C@@H](C)[C@@H](O)CO)NC(=O)[C@@H]3CC(O)CN3C(=O)[C@H](CC(N)=O)CC(=O)C(C[S@@](=O)c3c(c4ccc(OC)cc4n3CCCCCCCC(=O)OC(C)(C)C)C2)NC(=O)CNC1=O. The van der Waals surface area contributed by atoms with Crippen molar-refractivity contribution in [2.24, 2.45) is 29.4 Å². The molecule has 3 aliphatic heterocycles. The lowest BCUT2D eigenvalue weighted by Gasteiger charge is -2.32. The summed E-state index contributed by atoms with van der Waals surface area (Å²) in [7, 11) is -0.898. The lowest BCUT2D eigenvalue weighted by atomic mass is 9.85. The third-order valence-corrected chi connectivity index (χ3v) is 16.3. The number of hydrogen-bond acceptors (Lipinski definition) is 16. The van der Waals surface area contributed by atoms with Crippen molar-refractivity contribution in [1.29, 1.82) is 0 Å². The second-order valence-corrected chi connectivity index (χ2v) is 23.4. The highest BCUT2D eigenvalue weighted by Gasteiger charge is 2.45. The topological polar surface area (TPSA) is 361 Å². The minimum Gasteiger partial charge on any atom is -0.497 e. The van der Waals surface area contributed by atoms with Crippen molar-refractivity contribution in [3.63, 3.8) is 0 Å². The summed E-state index contributed by atoms with van der Waals surface area (Å²) in [5, 5.41) is 45.4. The summed E-state index contributed by atoms with van der Waals surface area (Å²) in [6.45, 7) is 7.59. The molecule has 0 spiro atoms. The van der Waals surface area contributed by atoms with Gasteiger partial charge in [-0.2, -0.15) is 0 Å². The van der Waals surface area contributed by atoms with E-state index in [9.17, 15) is 63.3 Å². The number of hydrogen-bond donors (Lipinski definition) is 9. The van der Waals surface area contributed by atoms with Crippen LogP contribution in [0, 0.1) is 23.7 Å². The van der Waals surface area contributed by atoms with Gasteiger partial charge in [0.15, 0.2) is 11.6 Å². The van der Waals surface area contributed by atoms with Gasteiger partial charge in [-0.15, -0.1) is 0 Å². The van der Waals surface area contributed by atoms with E-state index in [0.29, 0.717) is 55.2 Å². The van der Waals surface area contributed by atoms with Crippen molar-refractivity contribution in [2.45, 2.75) is 172 Å². The number of methoxy groups -OCH3 is 1. The van der Waals surface area contributed by atoms with Gasteiger partial charge in [-0.25, -0.2) is 0 Å². The molecule has 24 nitrogen and oxygen atoms in total. The maximum Gasteiger partial charge on any atom is 0.306 e. The van der Waals surface area contributed by atoms with Crippen LogP contribution in [-0.4, -0.2) is 169 Å². The number of aryl methyl sites for hydroxylation is 1. The van der Waals surface area contributed by atoms with E-state index in [1.165, 1.54) is 14.0 Å². The maximum absolute atomic E-state index is 15.6. The number of carbonyl (C=O) groups excluding carboxylic acids is 10. The molecule has 1 aromatic heterocycles. The maximum atomic E-state index is 15.6. The monoisotopic (exact) mass is 1130 g/mol. The summed E-state index contributed by atoms with van der Waals surface area (Å²) in [5.41, 5.74) is 5.75. The highest BCUT2D eigenvalue weighted by molar-refractivity contribution is 7.85. The van der Waals surface area contributed by atoms with Gasteiger partial charge in [-0.05, 0) is 63.6 Å². The Bertz CT molecular complexity index is 2620. The number of ketones is 2. The van der Waals surface area contributed by atoms with Crippen LogP contribution >= 0.6 is 0 Å². The number of aliphatic hydroxyl groups excluding tert-OH is 3. The minimum atomic E-state index is -2.34. The molecule has 0 aliphatic carbocycles. The zero-order chi connectivity index (χ0) is 58.5. The molecule has 5 rings (SSSR count). The number of primary amides is 1. The molecule has 10 N–H and O–H groups in total. The quantitative estimate of drug-likeness (QED) is 0.0771. The van der Waals surface area contributed by atoms with Gasteiger partial charge in [-0.3, -0.25) is 52.2 Å². The molecule has 25 heteroatoms. The second kappa shape index (κ2) is 28.7. The fourth-order valence-corrected chi connectivity index (χ4v) is 11.9. The van der Waals surface area contributed by atoms with Gasteiger partial charge in [0.1, 0.15) is 28.5 Å². The number of aromatic nitrogens is 1. The van der Waals surface area contributed by atoms with E-state index in [1.807, 2.05) is 0 Å². The van der Waals surface area contributed by atoms with Gasteiger partial charge in [0, 0.05) is 68.5 Å². The standard InChI is InChI=1S/C54H80N8O16S/c1-8-29(2)47-51(74)57-24-44(69)58-37-28-79(76)53-36(35-16-15-34(77-7)23-38(35)61(53)17-13-11-9-10-12-14-46(71)78-54(4,5)6)18-31(49(72)56-25-45(70)59-47)19-41(66)48(30(3)42(67)27-63)60-50(73)39-22-33(64)26-62(39)52(75)32(20-40(37)65)21-43(55)68/h15-16,23,29-33,37,39,42,47-48,63-64,67H,8-14,17-22,24-28H2,1-7H3,(H2,55,68)(H,56,72)(H,57,74)(H,58,69)(H,59,70)(H,60,73)/t29-,30-,31?,32-,33?,37?,39-,42-,47-,48-,79+/m0/s1. The minimum absolute atomic E-state index is 0.0720. The number of nitrogens with two attached hydrogens (primary N) is 1. The van der Waals surface area contributed by atoms with Crippen LogP contribution in [0.5, 0.6) is 5.75 Å². The van der Waals surface area contributed by atoms with E-state index < -0.39 is 181 Å². The number of esters is 1. The van der Waals surface area contributed by atoms with E-state index >= 15 is 4.21 Å². The van der Waals surface area contributed by atoms with E-state index in [0.717, 1.165) is 4.90 Å². The summed E-state index contributed by atoms with van der Waals surface area (Å²) >= 11 is 0. The van der Waals surface area contributed by atoms with Crippen molar-refractivity contribution in [1.82, 2.24) is 36.1 Å². The molecule has 7 amide bonds. The Morgan fingerprint density at radius 1 is 0.861 bits per heavy atom. The van der Waals surface area contributed by atoms with Gasteiger partial charge in [0.05, 0.1) is 79.1 Å². The Hall–Kier alpha value is -6.31. The van der Waals surface area contributed by atoms with Crippen LogP contribution in [0.4, 0.5) is 0 Å². The molecule has 4 heterocycles. The molecule has 438 valence electrons. The van der Waals surface area contributed by atoms with Crippen LogP contribution in [0.3, 0.4) is 0 Å². The lowest BCUT2D eigenvalue weighted by molar-refractivity contribution is -0.155. The Balaban J connectivity index is 1.75. The number of carbonyl (C=O) groups is 10. The molecule has 1 aromatic carbocycles. The number of amides is 7. The molecular weight excluding hydrogens is 1050 g/mol. The highest BCUT2D eigenvalue weighted by atomic mass is 32.2. The van der Waals surface area contributed by atoms with Crippen LogP contribution < -0.4 is 37.1 Å². The van der Waals surface area contributed by atoms with Crippen molar-refractivity contribution in [3.05, 3.63) is 23.8 Å². The van der Waals surface area contributed by atoms with Gasteiger partial charge in [0.25, 0.3) is 0 Å². The molecule has 2 aromatic rings. The van der Waals surface area contributed by atoms with Crippen LogP contribution in [0.1, 0.15) is 118 Å². The van der Waals surface area contributed by atoms with Crippen molar-refractivity contribution < 1.29 is 76.9 Å². The number of fused-ring (bicyclic) bond motifs is 5. The Labute approximate surface area is 462 Å². The van der Waals surface area contributed by atoms with E-state index in [-0.39, 0.29) is 42.4 Å². The average molecular weight is 1130 g/mol. The zero-order valence-corrected chi connectivity index (χ0v) is 47.1. The Kier molecular flexibility index (Phi) is 23.1. The first-order valence-corrected chi connectivity index (χ1v) is 28.4. The second-order valence-electron chi connectivity index (χ2n) is 22.0. The highest BCUT2D eigenvalue weighted by Crippen LogP contribution is 2.36. The largest absolute Gasteiger partial charge is 0.497 e. The number of Topliss-reactive ketones (excluding diaryl/α,β-unsaturated/α-hetero) is 2. The molecule has 79 heavy (non-hydrogen) atoms. The van der Waals surface area contributed by atoms with Crippen LogP contribution in [0.25, 0.3) is 10.9 Å². The number of ether oxygens (including phenoxy) is 2. The first-order valence-electron chi connectivity index (χ1n) is 27.1. The molecule has 1 fully saturated rings. The number of nitrogens with one attached hydrogen (secondary N) is 5. The Morgan fingerprint density at radius 2 is 1.52 bits per heavy atom. The molecule has 3 aliphatic rings. The van der Waals surface area contributed by atoms with E-state index in [2.05, 4.69) is 26.6 Å². The number of aliphatic hydroxyl groups is 3. The summed E-state index contributed by atoms with van der Waals surface area (Å²) in [6, 6.07) is -1.13. The van der Waals surface area contributed by atoms with E-state index in [4.69, 9.17) is 15.2 Å². The Morgan fingerprint density at radius 3 is 2.16 bits per heavy atom. The summed E-state index contributed by atoms with van der Waals surface area (Å²) < 4.78 is 28.5. The number of unbranched alkanes of at least 4 members (excludes halogenated alkanes) is 4. The number of rotatable bonds is 16. The fraction of sp³-hybridized carbons (Fsp3) is 0.667. The van der Waals surface area contributed by atoms with Gasteiger partial charge in [-0.1, -0.05) is 46.5 Å². The van der Waals surface area contributed by atoms with Crippen LogP contribution in [0.2, 0.25) is 0 Å². The number of nitrogens with zero attached hydrogens (tertiary/aromatic N) is 2. The zero-order valence-electron chi connectivity index (χ0n) is 46.3. The van der Waals surface area contributed by atoms with Crippen molar-refractivity contribution in [2.75, 3.05) is 39.1 Å². The van der Waals surface area contributed by atoms with Gasteiger partial charge >= 0.3 is 5.97 Å². The van der Waals surface area contributed by atoms with Gasteiger partial charge in [0.2, 0.25) is 41.4 Å². The van der Waals surface area contributed by atoms with Crippen LogP contribution in [0.15, 0.2) is 23.2 Å². The molecule has 3 unspecified atom stereocenters. The fourth-order valence-electron chi connectivity index (χ4n) is 10.3. The summed E-state index contributed by atoms with van der Waals surface area (Å²) in [6.07, 6.45) is -2.32. The van der Waals surface area contributed by atoms with Gasteiger partial charge < -0.3 is 66.6 Å². The molecular formula is C54H80N8O16S. The lowest BCUT2D eigenvalue weighted by Crippen LogP contribution is -2.56. The summed E-state index contributed by atoms with van der Waals surface area (Å²) in [4.78, 5) is 141.